The second-order valence-corrected chi connectivity index (χ2v) is 6.71. The van der Waals surface area contributed by atoms with Crippen LogP contribution in [0.5, 0.6) is 0 Å². The van der Waals surface area contributed by atoms with Gasteiger partial charge in [0.15, 0.2) is 0 Å². The number of rotatable bonds is 2. The zero-order valence-corrected chi connectivity index (χ0v) is 14.6. The third kappa shape index (κ3) is 2.94. The normalized spacial score (nSPS) is 16.2. The number of hydrogen-bond acceptors (Lipinski definition) is 2. The van der Waals surface area contributed by atoms with Crippen molar-refractivity contribution >= 4 is 5.91 Å². The maximum Gasteiger partial charge on any atom is 0.255 e. The number of nitrogens with zero attached hydrogens (tertiary/aromatic N) is 2. The molecule has 4 nitrogen and oxygen atoms in total. The highest BCUT2D eigenvalue weighted by Crippen LogP contribution is 2.33. The number of benzene rings is 2. The van der Waals surface area contributed by atoms with E-state index in [1.54, 1.807) is 19.3 Å². The standard InChI is InChI=1S/C22H20N2O2/c1-23-13-18(11-12-21(23)25)22(26)24-14-17-9-5-6-10-19(17)20(15-24)16-7-3-2-4-8-16/h2-13,20H,14-15H2,1H3/t20-/m0/s1. The SMILES string of the molecule is Cn1cc(C(=O)N2Cc3ccccc3[C@H](c3ccccc3)C2)ccc1=O. The van der Waals surface area contributed by atoms with Crippen LogP contribution in [0, 0.1) is 0 Å². The molecule has 0 aliphatic carbocycles. The average Bonchev–Trinajstić information content (AvgIpc) is 2.69. The number of aromatic nitrogens is 1. The van der Waals surface area contributed by atoms with E-state index in [0.717, 1.165) is 0 Å². The van der Waals surface area contributed by atoms with Crippen molar-refractivity contribution in [1.82, 2.24) is 9.47 Å². The van der Waals surface area contributed by atoms with Gasteiger partial charge in [-0.2, -0.15) is 0 Å². The van der Waals surface area contributed by atoms with E-state index in [1.807, 2.05) is 29.2 Å². The predicted octanol–water partition coefficient (Wildman–Crippen LogP) is 3.17. The number of hydrogen-bond donors (Lipinski definition) is 0. The third-order valence-electron chi connectivity index (χ3n) is 5.02. The van der Waals surface area contributed by atoms with Gasteiger partial charge in [-0.15, -0.1) is 0 Å². The lowest BCUT2D eigenvalue weighted by Gasteiger charge is -2.35. The van der Waals surface area contributed by atoms with Crippen LogP contribution in [-0.2, 0) is 13.6 Å². The fourth-order valence-electron chi connectivity index (χ4n) is 3.64. The monoisotopic (exact) mass is 344 g/mol. The van der Waals surface area contributed by atoms with Gasteiger partial charge < -0.3 is 9.47 Å². The number of carbonyl (C=O) groups excluding carboxylic acids is 1. The average molecular weight is 344 g/mol. The van der Waals surface area contributed by atoms with Crippen LogP contribution < -0.4 is 5.56 Å². The summed E-state index contributed by atoms with van der Waals surface area (Å²) in [5.41, 5.74) is 4.08. The van der Waals surface area contributed by atoms with Crippen LogP contribution in [0.4, 0.5) is 0 Å². The topological polar surface area (TPSA) is 42.3 Å². The van der Waals surface area contributed by atoms with Crippen molar-refractivity contribution in [3.8, 4) is 0 Å². The van der Waals surface area contributed by atoms with E-state index in [-0.39, 0.29) is 17.4 Å². The highest BCUT2D eigenvalue weighted by molar-refractivity contribution is 5.94. The molecule has 0 fully saturated rings. The molecule has 0 saturated heterocycles. The summed E-state index contributed by atoms with van der Waals surface area (Å²) >= 11 is 0. The summed E-state index contributed by atoms with van der Waals surface area (Å²) in [6, 6.07) is 21.7. The summed E-state index contributed by atoms with van der Waals surface area (Å²) in [5, 5.41) is 0. The molecule has 130 valence electrons. The van der Waals surface area contributed by atoms with Crippen LogP contribution in [0.2, 0.25) is 0 Å². The summed E-state index contributed by atoms with van der Waals surface area (Å²) in [5.74, 6) is 0.105. The molecule has 0 bridgehead atoms. The van der Waals surface area contributed by atoms with E-state index >= 15 is 0 Å². The number of fused-ring (bicyclic) bond motifs is 1. The largest absolute Gasteiger partial charge is 0.333 e. The zero-order chi connectivity index (χ0) is 18.1. The minimum Gasteiger partial charge on any atom is -0.333 e. The predicted molar refractivity (Wildman–Crippen MR) is 101 cm³/mol. The Balaban J connectivity index is 1.72. The highest BCUT2D eigenvalue weighted by Gasteiger charge is 2.29. The number of carbonyl (C=O) groups is 1. The molecule has 4 rings (SSSR count). The molecule has 1 aliphatic heterocycles. The van der Waals surface area contributed by atoms with Gasteiger partial charge in [0.05, 0.1) is 5.56 Å². The van der Waals surface area contributed by atoms with Gasteiger partial charge in [-0.05, 0) is 22.8 Å². The van der Waals surface area contributed by atoms with E-state index in [9.17, 15) is 9.59 Å². The third-order valence-corrected chi connectivity index (χ3v) is 5.02. The Morgan fingerprint density at radius 1 is 0.962 bits per heavy atom. The molecule has 26 heavy (non-hydrogen) atoms. The van der Waals surface area contributed by atoms with Gasteiger partial charge in [0, 0.05) is 38.3 Å². The molecule has 4 heteroatoms. The lowest BCUT2D eigenvalue weighted by Crippen LogP contribution is -2.39. The van der Waals surface area contributed by atoms with Gasteiger partial charge in [-0.25, -0.2) is 0 Å². The Bertz CT molecular complexity index is 1010. The summed E-state index contributed by atoms with van der Waals surface area (Å²) in [6.07, 6.45) is 1.61. The minimum atomic E-state index is -0.118. The summed E-state index contributed by atoms with van der Waals surface area (Å²) in [4.78, 5) is 26.5. The molecule has 3 aromatic rings. The minimum absolute atomic E-state index is 0.0453. The quantitative estimate of drug-likeness (QED) is 0.717. The van der Waals surface area contributed by atoms with E-state index in [1.165, 1.54) is 27.3 Å². The molecular formula is C22H20N2O2. The van der Waals surface area contributed by atoms with Crippen molar-refractivity contribution in [3.05, 3.63) is 106 Å². The first-order valence-electron chi connectivity index (χ1n) is 8.72. The van der Waals surface area contributed by atoms with Crippen molar-refractivity contribution in [1.29, 1.82) is 0 Å². The Labute approximate surface area is 152 Å². The van der Waals surface area contributed by atoms with Crippen molar-refractivity contribution in [2.75, 3.05) is 6.54 Å². The molecule has 0 N–H and O–H groups in total. The number of amides is 1. The summed E-state index contributed by atoms with van der Waals surface area (Å²) in [6.45, 7) is 1.21. The molecule has 1 atom stereocenters. The van der Waals surface area contributed by atoms with Gasteiger partial charge in [-0.1, -0.05) is 54.6 Å². The lowest BCUT2D eigenvalue weighted by molar-refractivity contribution is 0.0724. The fourth-order valence-corrected chi connectivity index (χ4v) is 3.64. The maximum absolute atomic E-state index is 13.1. The van der Waals surface area contributed by atoms with Crippen molar-refractivity contribution in [2.24, 2.45) is 7.05 Å². The van der Waals surface area contributed by atoms with Crippen molar-refractivity contribution in [2.45, 2.75) is 12.5 Å². The lowest BCUT2D eigenvalue weighted by atomic mass is 9.84. The molecular weight excluding hydrogens is 324 g/mol. The van der Waals surface area contributed by atoms with Crippen LogP contribution in [0.25, 0.3) is 0 Å². The number of aryl methyl sites for hydroxylation is 1. The molecule has 0 saturated carbocycles. The maximum atomic E-state index is 13.1. The first-order chi connectivity index (χ1) is 12.6. The van der Waals surface area contributed by atoms with Crippen molar-refractivity contribution < 1.29 is 4.79 Å². The van der Waals surface area contributed by atoms with E-state index in [2.05, 4.69) is 30.3 Å². The van der Waals surface area contributed by atoms with Gasteiger partial charge in [-0.3, -0.25) is 9.59 Å². The molecule has 1 aliphatic rings. The highest BCUT2D eigenvalue weighted by atomic mass is 16.2. The molecule has 2 heterocycles. The molecule has 0 unspecified atom stereocenters. The van der Waals surface area contributed by atoms with E-state index < -0.39 is 0 Å². The second kappa shape index (κ2) is 6.64. The van der Waals surface area contributed by atoms with Crippen LogP contribution in [-0.4, -0.2) is 21.9 Å². The smallest absolute Gasteiger partial charge is 0.255 e. The molecule has 1 aromatic heterocycles. The van der Waals surface area contributed by atoms with E-state index in [4.69, 9.17) is 0 Å². The Morgan fingerprint density at radius 3 is 2.46 bits per heavy atom. The first kappa shape index (κ1) is 16.3. The van der Waals surface area contributed by atoms with Crippen molar-refractivity contribution in [3.63, 3.8) is 0 Å². The first-order valence-corrected chi connectivity index (χ1v) is 8.72. The molecule has 0 radical (unpaired) electrons. The van der Waals surface area contributed by atoms with Gasteiger partial charge in [0.1, 0.15) is 0 Å². The van der Waals surface area contributed by atoms with Crippen LogP contribution >= 0.6 is 0 Å². The molecule has 1 amide bonds. The van der Waals surface area contributed by atoms with Gasteiger partial charge in [0.25, 0.3) is 5.91 Å². The number of pyridine rings is 1. The van der Waals surface area contributed by atoms with Gasteiger partial charge >= 0.3 is 0 Å². The molecule has 0 spiro atoms. The Morgan fingerprint density at radius 2 is 1.69 bits per heavy atom. The molecule has 2 aromatic carbocycles. The Hall–Kier alpha value is -3.14. The Kier molecular flexibility index (Phi) is 4.17. The summed E-state index contributed by atoms with van der Waals surface area (Å²) in [7, 11) is 1.66. The zero-order valence-electron chi connectivity index (χ0n) is 14.6. The second-order valence-electron chi connectivity index (χ2n) is 6.71. The van der Waals surface area contributed by atoms with Crippen LogP contribution in [0.15, 0.2) is 77.7 Å². The van der Waals surface area contributed by atoms with E-state index in [0.29, 0.717) is 18.7 Å². The van der Waals surface area contributed by atoms with Crippen LogP contribution in [0.3, 0.4) is 0 Å². The van der Waals surface area contributed by atoms with Crippen LogP contribution in [0.1, 0.15) is 33.0 Å². The summed E-state index contributed by atoms with van der Waals surface area (Å²) < 4.78 is 1.44. The fraction of sp³-hybridized carbons (Fsp3) is 0.182. The van der Waals surface area contributed by atoms with Gasteiger partial charge in [0.2, 0.25) is 5.56 Å².